The van der Waals surface area contributed by atoms with Crippen LogP contribution in [0.15, 0.2) is 30.5 Å². The molecule has 0 saturated carbocycles. The molecular weight excluding hydrogens is 310 g/mol. The summed E-state index contributed by atoms with van der Waals surface area (Å²) in [6.07, 6.45) is 2.63. The number of nitrogens with zero attached hydrogens (tertiary/aromatic N) is 2. The second-order valence-electron chi connectivity index (χ2n) is 6.67. The standard InChI is InChI=1S/C18H24ClN3O/c1-12(2)10-18(4,20)11-23-17-6-5-14(9-15(17)19)16-7-8-21-13(3)22-16/h5-9,12H,10-11,20H2,1-4H3/t18-/m0/s1. The predicted molar refractivity (Wildman–Crippen MR) is 94.8 cm³/mol. The lowest BCUT2D eigenvalue weighted by Gasteiger charge is -2.26. The molecule has 0 spiro atoms. The summed E-state index contributed by atoms with van der Waals surface area (Å²) in [5.41, 5.74) is 7.67. The van der Waals surface area contributed by atoms with E-state index in [9.17, 15) is 0 Å². The number of benzene rings is 1. The van der Waals surface area contributed by atoms with Gasteiger partial charge in [-0.1, -0.05) is 25.4 Å². The zero-order chi connectivity index (χ0) is 17.0. The summed E-state index contributed by atoms with van der Waals surface area (Å²) in [7, 11) is 0. The third kappa shape index (κ3) is 5.19. The first-order valence-corrected chi connectivity index (χ1v) is 8.16. The third-order valence-corrected chi connectivity index (χ3v) is 3.73. The lowest BCUT2D eigenvalue weighted by atomic mass is 9.93. The Morgan fingerprint density at radius 2 is 2.04 bits per heavy atom. The van der Waals surface area contributed by atoms with Crippen molar-refractivity contribution in [3.63, 3.8) is 0 Å². The first kappa shape index (κ1) is 17.7. The van der Waals surface area contributed by atoms with Crippen LogP contribution in [0.3, 0.4) is 0 Å². The SMILES string of the molecule is Cc1nccc(-c2ccc(OC[C@@](C)(N)CC(C)C)c(Cl)c2)n1. The summed E-state index contributed by atoms with van der Waals surface area (Å²) in [5, 5.41) is 0.555. The van der Waals surface area contributed by atoms with Gasteiger partial charge in [0, 0.05) is 17.3 Å². The maximum Gasteiger partial charge on any atom is 0.138 e. The monoisotopic (exact) mass is 333 g/mol. The highest BCUT2D eigenvalue weighted by Gasteiger charge is 2.21. The average Bonchev–Trinajstić information content (AvgIpc) is 2.44. The van der Waals surface area contributed by atoms with E-state index in [1.807, 2.05) is 38.1 Å². The number of aryl methyl sites for hydroxylation is 1. The van der Waals surface area contributed by atoms with E-state index < -0.39 is 0 Å². The Labute approximate surface area is 143 Å². The number of hydrogen-bond donors (Lipinski definition) is 1. The van der Waals surface area contributed by atoms with E-state index in [0.717, 1.165) is 23.5 Å². The number of hydrogen-bond acceptors (Lipinski definition) is 4. The minimum atomic E-state index is -0.375. The van der Waals surface area contributed by atoms with Gasteiger partial charge in [0.05, 0.1) is 10.7 Å². The number of rotatable bonds is 6. The van der Waals surface area contributed by atoms with Crippen molar-refractivity contribution in [1.82, 2.24) is 9.97 Å². The molecule has 124 valence electrons. The fourth-order valence-corrected chi connectivity index (χ4v) is 2.86. The van der Waals surface area contributed by atoms with Crippen LogP contribution in [0.5, 0.6) is 5.75 Å². The maximum absolute atomic E-state index is 6.34. The molecule has 1 heterocycles. The van der Waals surface area contributed by atoms with Crippen molar-refractivity contribution >= 4 is 11.6 Å². The van der Waals surface area contributed by atoms with Crippen LogP contribution in [0, 0.1) is 12.8 Å². The van der Waals surface area contributed by atoms with Crippen LogP contribution in [0.2, 0.25) is 5.02 Å². The highest BCUT2D eigenvalue weighted by Crippen LogP contribution is 2.30. The fraction of sp³-hybridized carbons (Fsp3) is 0.444. The van der Waals surface area contributed by atoms with Crippen LogP contribution in [-0.4, -0.2) is 22.1 Å². The van der Waals surface area contributed by atoms with Crippen molar-refractivity contribution in [2.75, 3.05) is 6.61 Å². The maximum atomic E-state index is 6.34. The molecule has 0 radical (unpaired) electrons. The molecular formula is C18H24ClN3O. The van der Waals surface area contributed by atoms with E-state index in [4.69, 9.17) is 22.1 Å². The zero-order valence-electron chi connectivity index (χ0n) is 14.1. The van der Waals surface area contributed by atoms with Crippen molar-refractivity contribution in [1.29, 1.82) is 0 Å². The van der Waals surface area contributed by atoms with E-state index in [-0.39, 0.29) is 5.54 Å². The van der Waals surface area contributed by atoms with Crippen molar-refractivity contribution in [2.24, 2.45) is 11.7 Å². The summed E-state index contributed by atoms with van der Waals surface area (Å²) in [6, 6.07) is 7.52. The smallest absolute Gasteiger partial charge is 0.138 e. The molecule has 0 amide bonds. The fourth-order valence-electron chi connectivity index (χ4n) is 2.63. The molecule has 4 nitrogen and oxygen atoms in total. The molecule has 1 aromatic carbocycles. The minimum Gasteiger partial charge on any atom is -0.490 e. The van der Waals surface area contributed by atoms with Gasteiger partial charge in [0.25, 0.3) is 0 Å². The molecule has 0 aliphatic heterocycles. The average molecular weight is 334 g/mol. The molecule has 2 N–H and O–H groups in total. The van der Waals surface area contributed by atoms with Gasteiger partial charge in [-0.2, -0.15) is 0 Å². The van der Waals surface area contributed by atoms with Crippen LogP contribution >= 0.6 is 11.6 Å². The summed E-state index contributed by atoms with van der Waals surface area (Å²) in [6.45, 7) is 8.59. The van der Waals surface area contributed by atoms with E-state index in [1.54, 1.807) is 6.20 Å². The van der Waals surface area contributed by atoms with E-state index >= 15 is 0 Å². The number of ether oxygens (including phenoxy) is 1. The summed E-state index contributed by atoms with van der Waals surface area (Å²) >= 11 is 6.34. The Hall–Kier alpha value is -1.65. The summed E-state index contributed by atoms with van der Waals surface area (Å²) in [5.74, 6) is 1.89. The molecule has 2 aromatic rings. The molecule has 1 atom stereocenters. The van der Waals surface area contributed by atoms with Gasteiger partial charge in [0.15, 0.2) is 0 Å². The molecule has 0 unspecified atom stereocenters. The van der Waals surface area contributed by atoms with E-state index in [2.05, 4.69) is 23.8 Å². The van der Waals surface area contributed by atoms with E-state index in [1.165, 1.54) is 0 Å². The Balaban J connectivity index is 2.11. The number of nitrogens with two attached hydrogens (primary N) is 1. The molecule has 23 heavy (non-hydrogen) atoms. The second-order valence-corrected chi connectivity index (χ2v) is 7.08. The van der Waals surface area contributed by atoms with Crippen LogP contribution in [0.25, 0.3) is 11.3 Å². The summed E-state index contributed by atoms with van der Waals surface area (Å²) < 4.78 is 5.83. The lowest BCUT2D eigenvalue weighted by molar-refractivity contribution is 0.207. The number of halogens is 1. The van der Waals surface area contributed by atoms with Gasteiger partial charge in [0.1, 0.15) is 18.2 Å². The highest BCUT2D eigenvalue weighted by molar-refractivity contribution is 6.32. The normalized spacial score (nSPS) is 13.9. The topological polar surface area (TPSA) is 61.0 Å². The van der Waals surface area contributed by atoms with Crippen molar-refractivity contribution < 1.29 is 4.74 Å². The molecule has 0 saturated heterocycles. The third-order valence-electron chi connectivity index (χ3n) is 3.44. The number of aromatic nitrogens is 2. The van der Waals surface area contributed by atoms with Crippen LogP contribution in [0.1, 0.15) is 33.0 Å². The van der Waals surface area contributed by atoms with Gasteiger partial charge in [-0.3, -0.25) is 0 Å². The zero-order valence-corrected chi connectivity index (χ0v) is 14.9. The first-order chi connectivity index (χ1) is 10.8. The van der Waals surface area contributed by atoms with Gasteiger partial charge in [0.2, 0.25) is 0 Å². The van der Waals surface area contributed by atoms with Gasteiger partial charge in [-0.15, -0.1) is 0 Å². The molecule has 5 heteroatoms. The summed E-state index contributed by atoms with van der Waals surface area (Å²) in [4.78, 5) is 8.50. The Bertz CT molecular complexity index is 671. The largest absolute Gasteiger partial charge is 0.490 e. The Kier molecular flexibility index (Phi) is 5.60. The van der Waals surface area contributed by atoms with Gasteiger partial charge < -0.3 is 10.5 Å². The Morgan fingerprint density at radius 3 is 2.65 bits per heavy atom. The quantitative estimate of drug-likeness (QED) is 0.858. The predicted octanol–water partition coefficient (Wildman–Crippen LogP) is 4.25. The van der Waals surface area contributed by atoms with Crippen LogP contribution in [-0.2, 0) is 0 Å². The molecule has 0 aliphatic carbocycles. The molecule has 0 fully saturated rings. The minimum absolute atomic E-state index is 0.375. The van der Waals surface area contributed by atoms with Crippen LogP contribution in [0.4, 0.5) is 0 Å². The molecule has 0 aliphatic rings. The molecule has 2 rings (SSSR count). The van der Waals surface area contributed by atoms with Gasteiger partial charge in [-0.05, 0) is 50.5 Å². The van der Waals surface area contributed by atoms with Crippen molar-refractivity contribution in [3.8, 4) is 17.0 Å². The highest BCUT2D eigenvalue weighted by atomic mass is 35.5. The lowest BCUT2D eigenvalue weighted by Crippen LogP contribution is -2.43. The van der Waals surface area contributed by atoms with Crippen molar-refractivity contribution in [2.45, 2.75) is 39.7 Å². The van der Waals surface area contributed by atoms with Gasteiger partial charge in [-0.25, -0.2) is 9.97 Å². The van der Waals surface area contributed by atoms with Gasteiger partial charge >= 0.3 is 0 Å². The first-order valence-electron chi connectivity index (χ1n) is 7.78. The van der Waals surface area contributed by atoms with Crippen molar-refractivity contribution in [3.05, 3.63) is 41.3 Å². The van der Waals surface area contributed by atoms with Crippen LogP contribution < -0.4 is 10.5 Å². The Morgan fingerprint density at radius 1 is 1.30 bits per heavy atom. The molecule has 0 bridgehead atoms. The second kappa shape index (κ2) is 7.28. The molecule has 1 aromatic heterocycles. The van der Waals surface area contributed by atoms with E-state index in [0.29, 0.717) is 23.3 Å².